The van der Waals surface area contributed by atoms with E-state index in [0.29, 0.717) is 0 Å². The number of hydrogen-bond acceptors (Lipinski definition) is 3. The first-order chi connectivity index (χ1) is 7.25. The molecule has 0 spiro atoms. The number of carbonyl (C=O) groups is 1. The molecule has 0 aliphatic carbocycles. The molecule has 5 nitrogen and oxygen atoms in total. The Hall–Kier alpha value is -2.17. The molecule has 1 amide bonds. The minimum absolute atomic E-state index is 0.616. The van der Waals surface area contributed by atoms with Gasteiger partial charge in [0.15, 0.2) is 6.17 Å². The van der Waals surface area contributed by atoms with Gasteiger partial charge in [0.05, 0.1) is 5.69 Å². The smallest absolute Gasteiger partial charge is 0.406 e. The van der Waals surface area contributed by atoms with Gasteiger partial charge >= 0.3 is 6.09 Å². The molecule has 1 aromatic carbocycles. The highest BCUT2D eigenvalue weighted by atomic mass is 16.4. The zero-order chi connectivity index (χ0) is 10.7. The molecule has 76 valence electrons. The summed E-state index contributed by atoms with van der Waals surface area (Å²) in [6, 6.07) is 7.47. The minimum Gasteiger partial charge on any atom is -0.465 e. The fourth-order valence-corrected chi connectivity index (χ4v) is 1.27. The van der Waals surface area contributed by atoms with E-state index >= 15 is 0 Å². The van der Waals surface area contributed by atoms with Crippen molar-refractivity contribution in [3.63, 3.8) is 0 Å². The number of nitrogens with one attached hydrogen (secondary N) is 1. The summed E-state index contributed by atoms with van der Waals surface area (Å²) in [7, 11) is 0. The Balaban J connectivity index is 2.26. The number of benzene rings is 1. The van der Waals surface area contributed by atoms with Crippen LogP contribution in [0.25, 0.3) is 0 Å². The van der Waals surface area contributed by atoms with Gasteiger partial charge in [0.2, 0.25) is 0 Å². The number of carboxylic acid groups (broad SMARTS) is 1. The van der Waals surface area contributed by atoms with Crippen LogP contribution in [0.1, 0.15) is 5.56 Å². The van der Waals surface area contributed by atoms with E-state index in [1.807, 2.05) is 24.3 Å². The SMILES string of the molecule is O=C(O)NC1C=Nc2ccccc2C=N1. The number of aliphatic imine (C=N–C) groups is 2. The van der Waals surface area contributed by atoms with Gasteiger partial charge in [-0.05, 0) is 6.07 Å². The predicted octanol–water partition coefficient (Wildman–Crippen LogP) is 1.42. The van der Waals surface area contributed by atoms with Crippen LogP contribution >= 0.6 is 0 Å². The number of hydrogen-bond donors (Lipinski definition) is 2. The molecule has 5 heteroatoms. The monoisotopic (exact) mass is 203 g/mol. The zero-order valence-electron chi connectivity index (χ0n) is 7.79. The number of para-hydroxylation sites is 1. The second kappa shape index (κ2) is 3.91. The number of fused-ring (bicyclic) bond motifs is 1. The standard InChI is InChI=1S/C10H9N3O2/c14-10(15)13-9-6-11-8-4-2-1-3-7(8)5-12-9/h1-6,9,13H,(H,14,15). The Labute approximate surface area is 86.2 Å². The topological polar surface area (TPSA) is 74.0 Å². The molecular weight excluding hydrogens is 194 g/mol. The third-order valence-electron chi connectivity index (χ3n) is 1.94. The molecule has 0 fully saturated rings. The maximum absolute atomic E-state index is 10.4. The lowest BCUT2D eigenvalue weighted by Crippen LogP contribution is -2.33. The average molecular weight is 203 g/mol. The fraction of sp³-hybridized carbons (Fsp3) is 0.100. The first-order valence-electron chi connectivity index (χ1n) is 4.41. The number of nitrogens with zero attached hydrogens (tertiary/aromatic N) is 2. The zero-order valence-corrected chi connectivity index (χ0v) is 7.79. The summed E-state index contributed by atoms with van der Waals surface area (Å²) in [5.74, 6) is 0. The van der Waals surface area contributed by atoms with Crippen molar-refractivity contribution in [1.29, 1.82) is 0 Å². The van der Waals surface area contributed by atoms with Crippen molar-refractivity contribution in [3.8, 4) is 0 Å². The predicted molar refractivity (Wildman–Crippen MR) is 57.1 cm³/mol. The highest BCUT2D eigenvalue weighted by molar-refractivity contribution is 5.91. The number of amides is 1. The fourth-order valence-electron chi connectivity index (χ4n) is 1.27. The van der Waals surface area contributed by atoms with Crippen LogP contribution in [-0.2, 0) is 0 Å². The second-order valence-corrected chi connectivity index (χ2v) is 3.01. The van der Waals surface area contributed by atoms with Gasteiger partial charge in [-0.1, -0.05) is 18.2 Å². The van der Waals surface area contributed by atoms with E-state index in [9.17, 15) is 4.79 Å². The van der Waals surface area contributed by atoms with E-state index < -0.39 is 12.3 Å². The molecule has 1 atom stereocenters. The summed E-state index contributed by atoms with van der Waals surface area (Å²) in [5.41, 5.74) is 1.67. The summed E-state index contributed by atoms with van der Waals surface area (Å²) in [5, 5.41) is 10.8. The third-order valence-corrected chi connectivity index (χ3v) is 1.94. The van der Waals surface area contributed by atoms with E-state index in [1.165, 1.54) is 6.21 Å². The van der Waals surface area contributed by atoms with Crippen molar-refractivity contribution in [2.75, 3.05) is 0 Å². The molecule has 2 N–H and O–H groups in total. The van der Waals surface area contributed by atoms with Crippen LogP contribution in [0.5, 0.6) is 0 Å². The van der Waals surface area contributed by atoms with Crippen molar-refractivity contribution in [1.82, 2.24) is 5.32 Å². The van der Waals surface area contributed by atoms with Gasteiger partial charge in [-0.25, -0.2) is 4.79 Å². The first-order valence-corrected chi connectivity index (χ1v) is 4.41. The van der Waals surface area contributed by atoms with Crippen LogP contribution in [0, 0.1) is 0 Å². The second-order valence-electron chi connectivity index (χ2n) is 3.01. The molecular formula is C10H9N3O2. The Kier molecular flexibility index (Phi) is 2.45. The van der Waals surface area contributed by atoms with E-state index in [2.05, 4.69) is 15.3 Å². The van der Waals surface area contributed by atoms with Gasteiger partial charge in [-0.15, -0.1) is 0 Å². The Morgan fingerprint density at radius 3 is 3.00 bits per heavy atom. The lowest BCUT2D eigenvalue weighted by atomic mass is 10.2. The Morgan fingerprint density at radius 1 is 1.40 bits per heavy atom. The lowest BCUT2D eigenvalue weighted by molar-refractivity contribution is 0.193. The maximum atomic E-state index is 10.4. The van der Waals surface area contributed by atoms with Gasteiger partial charge in [0, 0.05) is 18.0 Å². The largest absolute Gasteiger partial charge is 0.465 e. The molecule has 15 heavy (non-hydrogen) atoms. The van der Waals surface area contributed by atoms with Crippen molar-refractivity contribution < 1.29 is 9.90 Å². The van der Waals surface area contributed by atoms with Gasteiger partial charge in [0.25, 0.3) is 0 Å². The van der Waals surface area contributed by atoms with Crippen molar-refractivity contribution in [3.05, 3.63) is 29.8 Å². The quantitative estimate of drug-likeness (QED) is 0.724. The van der Waals surface area contributed by atoms with E-state index in [0.717, 1.165) is 11.3 Å². The van der Waals surface area contributed by atoms with Crippen LogP contribution in [0.15, 0.2) is 34.3 Å². The van der Waals surface area contributed by atoms with Crippen molar-refractivity contribution in [2.24, 2.45) is 9.98 Å². The minimum atomic E-state index is -1.12. The van der Waals surface area contributed by atoms with Gasteiger partial charge < -0.3 is 5.11 Å². The van der Waals surface area contributed by atoms with Crippen LogP contribution in [0.2, 0.25) is 0 Å². The molecule has 0 bridgehead atoms. The molecule has 0 saturated carbocycles. The summed E-state index contributed by atoms with van der Waals surface area (Å²) in [6.45, 7) is 0. The Bertz CT molecular complexity index is 407. The average Bonchev–Trinajstić information content (AvgIpc) is 2.41. The molecule has 1 aliphatic heterocycles. The summed E-state index contributed by atoms with van der Waals surface area (Å²) < 4.78 is 0. The maximum Gasteiger partial charge on any atom is 0.406 e. The molecule has 1 aromatic rings. The van der Waals surface area contributed by atoms with Gasteiger partial charge in [0.1, 0.15) is 0 Å². The lowest BCUT2D eigenvalue weighted by Gasteiger charge is -2.03. The molecule has 0 saturated heterocycles. The molecule has 1 aliphatic rings. The van der Waals surface area contributed by atoms with E-state index in [1.54, 1.807) is 6.21 Å². The summed E-state index contributed by atoms with van der Waals surface area (Å²) in [6.07, 6.45) is 1.35. The molecule has 1 unspecified atom stereocenters. The van der Waals surface area contributed by atoms with Crippen molar-refractivity contribution in [2.45, 2.75) is 6.17 Å². The van der Waals surface area contributed by atoms with Crippen LogP contribution in [-0.4, -0.2) is 29.8 Å². The van der Waals surface area contributed by atoms with E-state index in [4.69, 9.17) is 5.11 Å². The van der Waals surface area contributed by atoms with Crippen LogP contribution in [0.4, 0.5) is 10.5 Å². The van der Waals surface area contributed by atoms with E-state index in [-0.39, 0.29) is 0 Å². The summed E-state index contributed by atoms with van der Waals surface area (Å²) in [4.78, 5) is 18.6. The number of rotatable bonds is 1. The van der Waals surface area contributed by atoms with Crippen LogP contribution in [0.3, 0.4) is 0 Å². The molecule has 2 rings (SSSR count). The Morgan fingerprint density at radius 2 is 2.20 bits per heavy atom. The third kappa shape index (κ3) is 2.19. The van der Waals surface area contributed by atoms with Gasteiger partial charge in [-0.3, -0.25) is 15.3 Å². The first kappa shape index (κ1) is 9.39. The molecule has 1 heterocycles. The highest BCUT2D eigenvalue weighted by Gasteiger charge is 2.09. The molecule has 0 aromatic heterocycles. The molecule has 0 radical (unpaired) electrons. The summed E-state index contributed by atoms with van der Waals surface area (Å²) >= 11 is 0. The van der Waals surface area contributed by atoms with Crippen molar-refractivity contribution >= 4 is 24.2 Å². The highest BCUT2D eigenvalue weighted by Crippen LogP contribution is 2.17. The van der Waals surface area contributed by atoms with Crippen LogP contribution < -0.4 is 5.32 Å². The normalized spacial score (nSPS) is 18.0. The van der Waals surface area contributed by atoms with Gasteiger partial charge in [-0.2, -0.15) is 0 Å².